The van der Waals surface area contributed by atoms with Crippen molar-refractivity contribution in [1.29, 1.82) is 0 Å². The van der Waals surface area contributed by atoms with E-state index < -0.39 is 0 Å². The second kappa shape index (κ2) is 6.02. The molecule has 0 saturated carbocycles. The molecule has 2 fully saturated rings. The van der Waals surface area contributed by atoms with Gasteiger partial charge in [-0.3, -0.25) is 4.79 Å². The van der Waals surface area contributed by atoms with Crippen LogP contribution in [0.3, 0.4) is 0 Å². The summed E-state index contributed by atoms with van der Waals surface area (Å²) < 4.78 is 5.33. The fourth-order valence-corrected chi connectivity index (χ4v) is 3.33. The molecular formula is C14H26N2O2. The highest BCUT2D eigenvalue weighted by Gasteiger charge is 2.33. The third-order valence-corrected chi connectivity index (χ3v) is 4.24. The van der Waals surface area contributed by atoms with E-state index in [1.807, 2.05) is 4.90 Å². The van der Waals surface area contributed by atoms with Crippen LogP contribution >= 0.6 is 0 Å². The number of hydrogen-bond donors (Lipinski definition) is 1. The summed E-state index contributed by atoms with van der Waals surface area (Å²) in [5.41, 5.74) is 6.17. The second-order valence-electron chi connectivity index (χ2n) is 6.16. The minimum atomic E-state index is -0.327. The van der Waals surface area contributed by atoms with Gasteiger partial charge in [0.25, 0.3) is 0 Å². The van der Waals surface area contributed by atoms with Gasteiger partial charge < -0.3 is 15.4 Å². The van der Waals surface area contributed by atoms with Gasteiger partial charge in [0.05, 0.1) is 6.04 Å². The maximum absolute atomic E-state index is 12.4. The summed E-state index contributed by atoms with van der Waals surface area (Å²) in [6.45, 7) is 7.68. The van der Waals surface area contributed by atoms with Crippen LogP contribution in [-0.4, -0.2) is 43.2 Å². The Balaban J connectivity index is 1.92. The third-order valence-electron chi connectivity index (χ3n) is 4.24. The molecule has 0 aromatic heterocycles. The summed E-state index contributed by atoms with van der Waals surface area (Å²) in [7, 11) is 0. The molecule has 3 atom stereocenters. The molecule has 1 amide bonds. The highest BCUT2D eigenvalue weighted by Crippen LogP contribution is 2.24. The Morgan fingerprint density at radius 2 is 1.78 bits per heavy atom. The largest absolute Gasteiger partial charge is 0.381 e. The van der Waals surface area contributed by atoms with Gasteiger partial charge in [-0.05, 0) is 37.0 Å². The Labute approximate surface area is 110 Å². The first-order valence-electron chi connectivity index (χ1n) is 7.20. The van der Waals surface area contributed by atoms with Crippen molar-refractivity contribution in [2.75, 3.05) is 26.3 Å². The predicted molar refractivity (Wildman–Crippen MR) is 71.0 cm³/mol. The Hall–Kier alpha value is -0.610. The monoisotopic (exact) mass is 254 g/mol. The first-order chi connectivity index (χ1) is 8.58. The SMILES string of the molecule is CC1CC(C)CN(C(=O)C(N)C2CCOCC2)C1. The number of nitrogens with two attached hydrogens (primary N) is 1. The van der Waals surface area contributed by atoms with Gasteiger partial charge >= 0.3 is 0 Å². The predicted octanol–water partition coefficient (Wildman–Crippen LogP) is 1.24. The zero-order chi connectivity index (χ0) is 13.1. The van der Waals surface area contributed by atoms with E-state index >= 15 is 0 Å². The number of carbonyl (C=O) groups is 1. The normalized spacial score (nSPS) is 32.3. The van der Waals surface area contributed by atoms with Gasteiger partial charge in [-0.15, -0.1) is 0 Å². The van der Waals surface area contributed by atoms with E-state index in [9.17, 15) is 4.79 Å². The molecular weight excluding hydrogens is 228 g/mol. The molecule has 0 spiro atoms. The van der Waals surface area contributed by atoms with Gasteiger partial charge in [0.1, 0.15) is 0 Å². The standard InChI is InChI=1S/C14H26N2O2/c1-10-7-11(2)9-16(8-10)14(17)13(15)12-3-5-18-6-4-12/h10-13H,3-9,15H2,1-2H3. The maximum Gasteiger partial charge on any atom is 0.239 e. The van der Waals surface area contributed by atoms with Crippen LogP contribution in [0.25, 0.3) is 0 Å². The molecule has 3 unspecified atom stereocenters. The van der Waals surface area contributed by atoms with Crippen molar-refractivity contribution in [2.45, 2.75) is 39.2 Å². The molecule has 18 heavy (non-hydrogen) atoms. The van der Waals surface area contributed by atoms with Crippen LogP contribution in [0.4, 0.5) is 0 Å². The average Bonchev–Trinajstić information content (AvgIpc) is 2.37. The average molecular weight is 254 g/mol. The lowest BCUT2D eigenvalue weighted by Gasteiger charge is -2.38. The zero-order valence-electron chi connectivity index (χ0n) is 11.6. The van der Waals surface area contributed by atoms with Crippen LogP contribution in [-0.2, 0) is 9.53 Å². The van der Waals surface area contributed by atoms with Crippen LogP contribution in [0.1, 0.15) is 33.1 Å². The van der Waals surface area contributed by atoms with Gasteiger partial charge in [-0.2, -0.15) is 0 Å². The lowest BCUT2D eigenvalue weighted by molar-refractivity contribution is -0.137. The van der Waals surface area contributed by atoms with E-state index in [-0.39, 0.29) is 11.9 Å². The molecule has 0 radical (unpaired) electrons. The van der Waals surface area contributed by atoms with E-state index in [4.69, 9.17) is 10.5 Å². The van der Waals surface area contributed by atoms with Crippen molar-refractivity contribution in [3.8, 4) is 0 Å². The fraction of sp³-hybridized carbons (Fsp3) is 0.929. The number of likely N-dealkylation sites (tertiary alicyclic amines) is 1. The summed E-state index contributed by atoms with van der Waals surface area (Å²) in [6.07, 6.45) is 3.06. The van der Waals surface area contributed by atoms with Gasteiger partial charge in [0, 0.05) is 26.3 Å². The van der Waals surface area contributed by atoms with Crippen LogP contribution in [0.15, 0.2) is 0 Å². The van der Waals surface area contributed by atoms with Crippen molar-refractivity contribution < 1.29 is 9.53 Å². The molecule has 2 N–H and O–H groups in total. The van der Waals surface area contributed by atoms with Gasteiger partial charge in [0.2, 0.25) is 5.91 Å². The Bertz CT molecular complexity index is 280. The first-order valence-corrected chi connectivity index (χ1v) is 7.20. The van der Waals surface area contributed by atoms with E-state index in [0.717, 1.165) is 39.1 Å². The molecule has 4 heteroatoms. The summed E-state index contributed by atoms with van der Waals surface area (Å²) in [6, 6.07) is -0.327. The number of amides is 1. The number of nitrogens with zero attached hydrogens (tertiary/aromatic N) is 1. The Kier molecular flexibility index (Phi) is 4.62. The van der Waals surface area contributed by atoms with E-state index in [1.165, 1.54) is 6.42 Å². The lowest BCUT2D eigenvalue weighted by atomic mass is 9.88. The highest BCUT2D eigenvalue weighted by atomic mass is 16.5. The van der Waals surface area contributed by atoms with Crippen molar-refractivity contribution in [3.63, 3.8) is 0 Å². The van der Waals surface area contributed by atoms with Gasteiger partial charge in [-0.1, -0.05) is 13.8 Å². The molecule has 2 rings (SSSR count). The minimum absolute atomic E-state index is 0.153. The van der Waals surface area contributed by atoms with Crippen LogP contribution in [0.5, 0.6) is 0 Å². The van der Waals surface area contributed by atoms with E-state index in [2.05, 4.69) is 13.8 Å². The topological polar surface area (TPSA) is 55.6 Å². The van der Waals surface area contributed by atoms with Gasteiger partial charge in [-0.25, -0.2) is 0 Å². The third kappa shape index (κ3) is 3.23. The summed E-state index contributed by atoms with van der Waals surface area (Å²) in [4.78, 5) is 14.4. The molecule has 0 aromatic rings. The Morgan fingerprint density at radius 3 is 2.33 bits per heavy atom. The zero-order valence-corrected chi connectivity index (χ0v) is 11.6. The molecule has 2 saturated heterocycles. The molecule has 4 nitrogen and oxygen atoms in total. The lowest BCUT2D eigenvalue weighted by Crippen LogP contribution is -2.52. The molecule has 2 aliphatic heterocycles. The molecule has 2 aliphatic rings. The van der Waals surface area contributed by atoms with Crippen LogP contribution in [0, 0.1) is 17.8 Å². The number of piperidine rings is 1. The smallest absolute Gasteiger partial charge is 0.239 e. The van der Waals surface area contributed by atoms with Gasteiger partial charge in [0.15, 0.2) is 0 Å². The van der Waals surface area contributed by atoms with Crippen LogP contribution in [0.2, 0.25) is 0 Å². The van der Waals surface area contributed by atoms with Crippen molar-refractivity contribution in [1.82, 2.24) is 4.90 Å². The summed E-state index contributed by atoms with van der Waals surface area (Å²) in [5.74, 6) is 1.65. The highest BCUT2D eigenvalue weighted by molar-refractivity contribution is 5.82. The summed E-state index contributed by atoms with van der Waals surface area (Å²) >= 11 is 0. The first kappa shape index (κ1) is 13.8. The fourth-order valence-electron chi connectivity index (χ4n) is 3.33. The van der Waals surface area contributed by atoms with E-state index in [0.29, 0.717) is 17.8 Å². The number of hydrogen-bond acceptors (Lipinski definition) is 3. The van der Waals surface area contributed by atoms with E-state index in [1.54, 1.807) is 0 Å². The van der Waals surface area contributed by atoms with Crippen LogP contribution < -0.4 is 5.73 Å². The number of ether oxygens (including phenoxy) is 1. The van der Waals surface area contributed by atoms with Crippen molar-refractivity contribution in [3.05, 3.63) is 0 Å². The molecule has 0 aliphatic carbocycles. The maximum atomic E-state index is 12.4. The molecule has 2 heterocycles. The summed E-state index contributed by atoms with van der Waals surface area (Å²) in [5, 5.41) is 0. The molecule has 104 valence electrons. The molecule has 0 bridgehead atoms. The molecule has 0 aromatic carbocycles. The second-order valence-corrected chi connectivity index (χ2v) is 6.16. The Morgan fingerprint density at radius 1 is 1.22 bits per heavy atom. The van der Waals surface area contributed by atoms with Crippen molar-refractivity contribution in [2.24, 2.45) is 23.5 Å². The minimum Gasteiger partial charge on any atom is -0.381 e. The number of rotatable bonds is 2. The quantitative estimate of drug-likeness (QED) is 0.807. The number of carbonyl (C=O) groups excluding carboxylic acids is 1. The van der Waals surface area contributed by atoms with Crippen molar-refractivity contribution >= 4 is 5.91 Å².